The fourth-order valence-electron chi connectivity index (χ4n) is 4.46. The van der Waals surface area contributed by atoms with E-state index in [9.17, 15) is 13.2 Å². The third kappa shape index (κ3) is 4.34. The SMILES string of the molecule is CC(=O)N1CCN(C2=CS(=O)(=O)N(C)c3c2nn(-c2ccc(Cl)cc2Cl)c3-c2ccc(Cl)cc2)CC1. The minimum Gasteiger partial charge on any atom is -0.365 e. The van der Waals surface area contributed by atoms with Gasteiger partial charge in [-0.05, 0) is 30.3 Å². The summed E-state index contributed by atoms with van der Waals surface area (Å²) in [4.78, 5) is 15.5. The molecule has 1 saturated heterocycles. The number of amides is 1. The molecule has 2 aliphatic heterocycles. The second-order valence-electron chi connectivity index (χ2n) is 8.57. The van der Waals surface area contributed by atoms with Gasteiger partial charge in [0.2, 0.25) is 5.91 Å². The third-order valence-corrected chi connectivity index (χ3v) is 8.64. The smallest absolute Gasteiger partial charge is 0.259 e. The lowest BCUT2D eigenvalue weighted by Gasteiger charge is -2.38. The van der Waals surface area contributed by atoms with Crippen LogP contribution < -0.4 is 4.31 Å². The molecule has 1 amide bonds. The Bertz CT molecular complexity index is 1490. The van der Waals surface area contributed by atoms with E-state index < -0.39 is 10.0 Å². The molecule has 0 saturated carbocycles. The number of hydrogen-bond acceptors (Lipinski definition) is 5. The van der Waals surface area contributed by atoms with Crippen molar-refractivity contribution in [1.82, 2.24) is 19.6 Å². The zero-order valence-electron chi connectivity index (χ0n) is 19.5. The summed E-state index contributed by atoms with van der Waals surface area (Å²) in [6.07, 6.45) is 0. The first-order chi connectivity index (χ1) is 17.1. The maximum absolute atomic E-state index is 13.3. The Hall–Kier alpha value is -2.72. The first kappa shape index (κ1) is 25.0. The Morgan fingerprint density at radius 3 is 2.19 bits per heavy atom. The van der Waals surface area contributed by atoms with Crippen LogP contribution in [0.4, 0.5) is 5.69 Å². The summed E-state index contributed by atoms with van der Waals surface area (Å²) < 4.78 is 29.5. The fraction of sp³-hybridized carbons (Fsp3) is 0.250. The molecule has 0 bridgehead atoms. The number of nitrogens with zero attached hydrogens (tertiary/aromatic N) is 5. The lowest BCUT2D eigenvalue weighted by atomic mass is 10.1. The minimum atomic E-state index is -3.81. The Morgan fingerprint density at radius 1 is 0.944 bits per heavy atom. The molecule has 2 aromatic carbocycles. The van der Waals surface area contributed by atoms with Crippen LogP contribution in [0.25, 0.3) is 22.6 Å². The van der Waals surface area contributed by atoms with Crippen LogP contribution in [0.1, 0.15) is 12.6 Å². The standard InChI is InChI=1S/C24H22Cl3N5O3S/c1-15(33)30-9-11-31(12-10-30)21-14-36(34,35)29(2)24-22(21)28-32(20-8-7-18(26)13-19(20)27)23(24)16-3-5-17(25)6-4-16/h3-8,13-14H,9-12H2,1-2H3. The molecule has 8 nitrogen and oxygen atoms in total. The highest BCUT2D eigenvalue weighted by Gasteiger charge is 2.37. The monoisotopic (exact) mass is 565 g/mol. The van der Waals surface area contributed by atoms with Gasteiger partial charge in [-0.3, -0.25) is 9.10 Å². The van der Waals surface area contributed by atoms with Crippen molar-refractivity contribution in [2.45, 2.75) is 6.92 Å². The van der Waals surface area contributed by atoms with E-state index in [2.05, 4.69) is 0 Å². The van der Waals surface area contributed by atoms with Crippen LogP contribution in [0.5, 0.6) is 0 Å². The van der Waals surface area contributed by atoms with Crippen LogP contribution in [-0.2, 0) is 14.8 Å². The summed E-state index contributed by atoms with van der Waals surface area (Å²) in [6, 6.07) is 12.1. The quantitative estimate of drug-likeness (QED) is 0.458. The zero-order chi connectivity index (χ0) is 25.8. The molecular weight excluding hydrogens is 545 g/mol. The number of anilines is 1. The van der Waals surface area contributed by atoms with E-state index in [0.29, 0.717) is 75.3 Å². The minimum absolute atomic E-state index is 0.00741. The number of rotatable bonds is 3. The molecule has 36 heavy (non-hydrogen) atoms. The van der Waals surface area contributed by atoms with E-state index in [1.54, 1.807) is 39.9 Å². The van der Waals surface area contributed by atoms with Crippen molar-refractivity contribution in [2.24, 2.45) is 0 Å². The van der Waals surface area contributed by atoms with Gasteiger partial charge < -0.3 is 9.80 Å². The second kappa shape index (κ2) is 9.30. The zero-order valence-corrected chi connectivity index (χ0v) is 22.5. The van der Waals surface area contributed by atoms with Crippen molar-refractivity contribution in [3.63, 3.8) is 0 Å². The van der Waals surface area contributed by atoms with Gasteiger partial charge in [0.1, 0.15) is 11.4 Å². The van der Waals surface area contributed by atoms with Gasteiger partial charge in [0, 0.05) is 55.8 Å². The number of aromatic nitrogens is 2. The summed E-state index contributed by atoms with van der Waals surface area (Å²) >= 11 is 18.9. The Morgan fingerprint density at radius 2 is 1.58 bits per heavy atom. The van der Waals surface area contributed by atoms with Gasteiger partial charge in [-0.25, -0.2) is 13.1 Å². The number of carbonyl (C=O) groups is 1. The van der Waals surface area contributed by atoms with Crippen molar-refractivity contribution in [3.05, 3.63) is 68.6 Å². The molecular formula is C24H22Cl3N5O3S. The number of carbonyl (C=O) groups excluding carboxylic acids is 1. The first-order valence-electron chi connectivity index (χ1n) is 11.1. The molecule has 0 atom stereocenters. The molecule has 5 rings (SSSR count). The van der Waals surface area contributed by atoms with E-state index in [4.69, 9.17) is 39.9 Å². The molecule has 0 radical (unpaired) electrons. The number of piperazine rings is 1. The van der Waals surface area contributed by atoms with Crippen molar-refractivity contribution in [1.29, 1.82) is 0 Å². The molecule has 0 unspecified atom stereocenters. The van der Waals surface area contributed by atoms with Crippen LogP contribution in [-0.4, -0.2) is 67.1 Å². The van der Waals surface area contributed by atoms with Crippen LogP contribution in [0.15, 0.2) is 47.9 Å². The Balaban J connectivity index is 1.73. The second-order valence-corrected chi connectivity index (χ2v) is 11.7. The van der Waals surface area contributed by atoms with E-state index in [-0.39, 0.29) is 5.91 Å². The van der Waals surface area contributed by atoms with Gasteiger partial charge in [-0.15, -0.1) is 0 Å². The molecule has 3 aromatic rings. The predicted molar refractivity (Wildman–Crippen MR) is 143 cm³/mol. The summed E-state index contributed by atoms with van der Waals surface area (Å²) in [6.45, 7) is 3.48. The van der Waals surface area contributed by atoms with Gasteiger partial charge in [0.25, 0.3) is 10.0 Å². The number of fused-ring (bicyclic) bond motifs is 1. The maximum Gasteiger partial charge on any atom is 0.259 e. The largest absolute Gasteiger partial charge is 0.365 e. The lowest BCUT2D eigenvalue weighted by Crippen LogP contribution is -2.48. The van der Waals surface area contributed by atoms with Gasteiger partial charge in [0.15, 0.2) is 0 Å². The maximum atomic E-state index is 13.3. The van der Waals surface area contributed by atoms with Crippen molar-refractivity contribution >= 4 is 62.1 Å². The van der Waals surface area contributed by atoms with Gasteiger partial charge in [-0.2, -0.15) is 5.10 Å². The van der Waals surface area contributed by atoms with E-state index in [1.165, 1.54) is 23.7 Å². The average Bonchev–Trinajstić information content (AvgIpc) is 3.22. The molecule has 1 aromatic heterocycles. The van der Waals surface area contributed by atoms with Crippen molar-refractivity contribution < 1.29 is 13.2 Å². The summed E-state index contributed by atoms with van der Waals surface area (Å²) in [5.74, 6) is -0.00741. The number of hydrogen-bond donors (Lipinski definition) is 0. The molecule has 2 aliphatic rings. The third-order valence-electron chi connectivity index (χ3n) is 6.38. The lowest BCUT2D eigenvalue weighted by molar-refractivity contribution is -0.130. The molecule has 0 spiro atoms. The van der Waals surface area contributed by atoms with E-state index >= 15 is 0 Å². The summed E-state index contributed by atoms with van der Waals surface area (Å²) in [5.41, 5.74) is 3.21. The number of halogens is 3. The molecule has 0 N–H and O–H groups in total. The van der Waals surface area contributed by atoms with Crippen molar-refractivity contribution in [2.75, 3.05) is 37.5 Å². The topological polar surface area (TPSA) is 78.8 Å². The van der Waals surface area contributed by atoms with Crippen LogP contribution >= 0.6 is 34.8 Å². The Kier molecular flexibility index (Phi) is 6.45. The summed E-state index contributed by atoms with van der Waals surface area (Å²) in [5, 5.41) is 7.52. The van der Waals surface area contributed by atoms with Gasteiger partial charge in [0.05, 0.1) is 27.5 Å². The highest BCUT2D eigenvalue weighted by atomic mass is 35.5. The van der Waals surface area contributed by atoms with Gasteiger partial charge in [-0.1, -0.05) is 46.9 Å². The molecule has 188 valence electrons. The van der Waals surface area contributed by atoms with E-state index in [1.807, 2.05) is 17.0 Å². The summed E-state index contributed by atoms with van der Waals surface area (Å²) in [7, 11) is -2.31. The van der Waals surface area contributed by atoms with Crippen LogP contribution in [0, 0.1) is 0 Å². The van der Waals surface area contributed by atoms with Crippen LogP contribution in [0.3, 0.4) is 0 Å². The highest BCUT2D eigenvalue weighted by Crippen LogP contribution is 2.45. The number of sulfonamides is 1. The Labute approximate surface area is 224 Å². The normalized spacial score (nSPS) is 17.1. The number of benzene rings is 2. The van der Waals surface area contributed by atoms with Crippen molar-refractivity contribution in [3.8, 4) is 16.9 Å². The fourth-order valence-corrected chi connectivity index (χ4v) is 6.21. The molecule has 12 heteroatoms. The predicted octanol–water partition coefficient (Wildman–Crippen LogP) is 4.74. The molecule has 0 aliphatic carbocycles. The van der Waals surface area contributed by atoms with E-state index in [0.717, 1.165) is 0 Å². The first-order valence-corrected chi connectivity index (χ1v) is 13.8. The molecule has 1 fully saturated rings. The average molecular weight is 567 g/mol. The van der Waals surface area contributed by atoms with Crippen LogP contribution in [0.2, 0.25) is 15.1 Å². The van der Waals surface area contributed by atoms with Gasteiger partial charge >= 0.3 is 0 Å². The highest BCUT2D eigenvalue weighted by molar-refractivity contribution is 7.95. The molecule has 3 heterocycles.